The Morgan fingerprint density at radius 1 is 1.28 bits per heavy atom. The molecule has 2 atom stereocenters. The van der Waals surface area contributed by atoms with Crippen LogP contribution in [0, 0.1) is 24.2 Å². The van der Waals surface area contributed by atoms with Gasteiger partial charge in [-0.05, 0) is 51.0 Å². The summed E-state index contributed by atoms with van der Waals surface area (Å²) in [7, 11) is 0. The first kappa shape index (κ1) is 11.7. The van der Waals surface area contributed by atoms with Crippen molar-refractivity contribution in [2.45, 2.75) is 51.0 Å². The second kappa shape index (κ2) is 4.07. The summed E-state index contributed by atoms with van der Waals surface area (Å²) < 4.78 is 0. The lowest BCUT2D eigenvalue weighted by molar-refractivity contribution is 0.257. The third-order valence-electron chi connectivity index (χ3n) is 4.35. The molecule has 18 heavy (non-hydrogen) atoms. The molecular formula is C15H19N3. The molecule has 3 rings (SSSR count). The second-order valence-electron chi connectivity index (χ2n) is 5.91. The fraction of sp³-hybridized carbons (Fsp3) is 0.600. The van der Waals surface area contributed by atoms with Gasteiger partial charge in [-0.1, -0.05) is 12.3 Å². The molecule has 2 aliphatic rings. The Labute approximate surface area is 108 Å². The molecule has 0 aromatic carbocycles. The Balaban J connectivity index is 1.85. The molecule has 94 valence electrons. The van der Waals surface area contributed by atoms with Crippen LogP contribution in [0.2, 0.25) is 0 Å². The van der Waals surface area contributed by atoms with Gasteiger partial charge in [-0.15, -0.1) is 0 Å². The fourth-order valence-electron chi connectivity index (χ4n) is 3.44. The minimum Gasteiger partial charge on any atom is -0.325 e. The quantitative estimate of drug-likeness (QED) is 0.708. The first-order valence-electron chi connectivity index (χ1n) is 6.71. The molecule has 3 nitrogen and oxygen atoms in total. The van der Waals surface area contributed by atoms with Crippen LogP contribution in [-0.2, 0) is 0 Å². The van der Waals surface area contributed by atoms with Gasteiger partial charge in [0.25, 0.3) is 0 Å². The summed E-state index contributed by atoms with van der Waals surface area (Å²) in [6.07, 6.45) is 8.70. The minimum atomic E-state index is 0.0640. The van der Waals surface area contributed by atoms with Crippen LogP contribution in [0.5, 0.6) is 0 Å². The summed E-state index contributed by atoms with van der Waals surface area (Å²) >= 11 is 0. The topological polar surface area (TPSA) is 51.8 Å². The first-order valence-corrected chi connectivity index (χ1v) is 6.71. The van der Waals surface area contributed by atoms with Gasteiger partial charge in [0.05, 0.1) is 0 Å². The van der Waals surface area contributed by atoms with Gasteiger partial charge >= 0.3 is 0 Å². The number of nitrogens with zero attached hydrogens (tertiary/aromatic N) is 2. The lowest BCUT2D eigenvalue weighted by Crippen LogP contribution is -2.40. The highest BCUT2D eigenvalue weighted by molar-refractivity contribution is 5.31. The molecule has 2 unspecified atom stereocenters. The smallest absolute Gasteiger partial charge is 0.126 e. The van der Waals surface area contributed by atoms with Crippen LogP contribution in [0.15, 0.2) is 12.3 Å². The molecular weight excluding hydrogens is 222 g/mol. The van der Waals surface area contributed by atoms with Crippen molar-refractivity contribution in [3.8, 4) is 11.8 Å². The molecule has 0 amide bonds. The molecule has 2 aliphatic carbocycles. The maximum atomic E-state index is 6.38. The average molecular weight is 241 g/mol. The molecule has 0 radical (unpaired) electrons. The zero-order valence-corrected chi connectivity index (χ0v) is 10.9. The van der Waals surface area contributed by atoms with Crippen molar-refractivity contribution in [2.75, 3.05) is 0 Å². The summed E-state index contributed by atoms with van der Waals surface area (Å²) in [6, 6.07) is 1.88. The largest absolute Gasteiger partial charge is 0.325 e. The number of rotatable bonds is 0. The van der Waals surface area contributed by atoms with Gasteiger partial charge in [-0.3, -0.25) is 0 Å². The molecule has 2 saturated carbocycles. The molecule has 2 fully saturated rings. The number of hydrogen-bond acceptors (Lipinski definition) is 3. The van der Waals surface area contributed by atoms with Crippen LogP contribution in [0.25, 0.3) is 0 Å². The summed E-state index contributed by atoms with van der Waals surface area (Å²) in [5, 5.41) is 0. The maximum absolute atomic E-state index is 6.38. The Kier molecular flexibility index (Phi) is 2.64. The molecule has 1 heterocycles. The van der Waals surface area contributed by atoms with Gasteiger partial charge in [0.15, 0.2) is 0 Å². The molecule has 0 saturated heterocycles. The first-order chi connectivity index (χ1) is 8.59. The van der Waals surface area contributed by atoms with Crippen LogP contribution in [-0.4, -0.2) is 15.5 Å². The molecule has 3 heteroatoms. The van der Waals surface area contributed by atoms with E-state index in [-0.39, 0.29) is 11.0 Å². The van der Waals surface area contributed by atoms with Gasteiger partial charge in [0, 0.05) is 17.2 Å². The number of fused-ring (bicyclic) bond motifs is 2. The van der Waals surface area contributed by atoms with Crippen LogP contribution in [0.1, 0.15) is 50.0 Å². The Hall–Kier alpha value is -1.40. The van der Waals surface area contributed by atoms with E-state index in [1.165, 1.54) is 19.3 Å². The van der Waals surface area contributed by atoms with Gasteiger partial charge in [0.1, 0.15) is 11.5 Å². The van der Waals surface area contributed by atoms with Gasteiger partial charge < -0.3 is 5.73 Å². The Morgan fingerprint density at radius 3 is 3.00 bits per heavy atom. The van der Waals surface area contributed by atoms with E-state index in [4.69, 9.17) is 5.73 Å². The van der Waals surface area contributed by atoms with E-state index in [1.54, 1.807) is 6.20 Å². The van der Waals surface area contributed by atoms with Crippen molar-refractivity contribution in [3.05, 3.63) is 23.8 Å². The van der Waals surface area contributed by atoms with Crippen molar-refractivity contribution < 1.29 is 0 Å². The van der Waals surface area contributed by atoms with Crippen molar-refractivity contribution in [1.29, 1.82) is 0 Å². The Morgan fingerprint density at radius 2 is 2.17 bits per heavy atom. The van der Waals surface area contributed by atoms with E-state index in [2.05, 4.69) is 21.8 Å². The number of aryl methyl sites for hydroxylation is 1. The highest BCUT2D eigenvalue weighted by Crippen LogP contribution is 2.52. The van der Waals surface area contributed by atoms with E-state index >= 15 is 0 Å². The third kappa shape index (κ3) is 2.13. The maximum Gasteiger partial charge on any atom is 0.126 e. The standard InChI is InChI=1S/C15H19N3/c1-12-17-10-4-13(18-12)3-7-14-5-2-6-15(16,11-14)9-8-14/h4,10H,2,5-6,8-9,11,16H2,1H3. The monoisotopic (exact) mass is 241 g/mol. The zero-order chi connectivity index (χ0) is 12.6. The van der Waals surface area contributed by atoms with E-state index in [9.17, 15) is 0 Å². The third-order valence-corrected chi connectivity index (χ3v) is 4.35. The van der Waals surface area contributed by atoms with Crippen LogP contribution in [0.4, 0.5) is 0 Å². The SMILES string of the molecule is Cc1nccc(C#CC23CCCC(N)(CC2)C3)n1. The summed E-state index contributed by atoms with van der Waals surface area (Å²) in [5.74, 6) is 7.49. The van der Waals surface area contributed by atoms with Gasteiger partial charge in [-0.25, -0.2) is 9.97 Å². The number of hydrogen-bond donors (Lipinski definition) is 1. The normalized spacial score (nSPS) is 33.9. The van der Waals surface area contributed by atoms with Crippen molar-refractivity contribution >= 4 is 0 Å². The van der Waals surface area contributed by atoms with Crippen molar-refractivity contribution in [2.24, 2.45) is 11.1 Å². The van der Waals surface area contributed by atoms with Crippen molar-refractivity contribution in [3.63, 3.8) is 0 Å². The van der Waals surface area contributed by atoms with Crippen LogP contribution >= 0.6 is 0 Å². The van der Waals surface area contributed by atoms with E-state index in [1.807, 2.05) is 13.0 Å². The molecule has 2 bridgehead atoms. The van der Waals surface area contributed by atoms with E-state index < -0.39 is 0 Å². The van der Waals surface area contributed by atoms with Crippen LogP contribution in [0.3, 0.4) is 0 Å². The fourth-order valence-corrected chi connectivity index (χ4v) is 3.44. The predicted octanol–water partition coefficient (Wildman–Crippen LogP) is 2.19. The zero-order valence-electron chi connectivity index (χ0n) is 10.9. The molecule has 2 N–H and O–H groups in total. The van der Waals surface area contributed by atoms with Gasteiger partial charge in [0.2, 0.25) is 0 Å². The molecule has 0 aliphatic heterocycles. The molecule has 0 spiro atoms. The summed E-state index contributed by atoms with van der Waals surface area (Å²) in [4.78, 5) is 8.43. The highest BCUT2D eigenvalue weighted by Gasteiger charge is 2.48. The molecule has 1 aromatic heterocycles. The average Bonchev–Trinajstić information content (AvgIpc) is 2.58. The van der Waals surface area contributed by atoms with Crippen LogP contribution < -0.4 is 5.73 Å². The van der Waals surface area contributed by atoms with Crippen molar-refractivity contribution in [1.82, 2.24) is 9.97 Å². The Bertz CT molecular complexity index is 528. The minimum absolute atomic E-state index is 0.0640. The lowest BCUT2D eigenvalue weighted by atomic mass is 9.74. The predicted molar refractivity (Wildman–Crippen MR) is 70.7 cm³/mol. The van der Waals surface area contributed by atoms with E-state index in [0.717, 1.165) is 30.8 Å². The molecule has 1 aromatic rings. The van der Waals surface area contributed by atoms with E-state index in [0.29, 0.717) is 0 Å². The highest BCUT2D eigenvalue weighted by atomic mass is 14.9. The number of aromatic nitrogens is 2. The second-order valence-corrected chi connectivity index (χ2v) is 5.91. The summed E-state index contributed by atoms with van der Waals surface area (Å²) in [6.45, 7) is 1.89. The summed E-state index contributed by atoms with van der Waals surface area (Å²) in [5.41, 5.74) is 7.44. The van der Waals surface area contributed by atoms with Gasteiger partial charge in [-0.2, -0.15) is 0 Å². The number of nitrogens with two attached hydrogens (primary N) is 1. The lowest BCUT2D eigenvalue weighted by Gasteiger charge is -2.33.